The van der Waals surface area contributed by atoms with Crippen LogP contribution in [0.3, 0.4) is 0 Å². The van der Waals surface area contributed by atoms with Gasteiger partial charge in [0, 0.05) is 0 Å². The number of halogens is 2. The lowest BCUT2D eigenvalue weighted by Gasteiger charge is -2.11. The van der Waals surface area contributed by atoms with E-state index in [1.165, 1.54) is 12.1 Å². The molecular weight excluding hydrogens is 658 g/mol. The lowest BCUT2D eigenvalue weighted by atomic mass is 10.3. The summed E-state index contributed by atoms with van der Waals surface area (Å²) in [5.74, 6) is -5.11. The molecule has 0 saturated carbocycles. The molecule has 0 aliphatic rings. The number of nitrogens with zero attached hydrogens (tertiary/aromatic N) is 6. The lowest BCUT2D eigenvalue weighted by Crippen LogP contribution is -2.51. The molecule has 0 atom stereocenters. The van der Waals surface area contributed by atoms with Crippen LogP contribution in [0.25, 0.3) is 0 Å². The summed E-state index contributed by atoms with van der Waals surface area (Å²) in [7, 11) is 0. The summed E-state index contributed by atoms with van der Waals surface area (Å²) in [6.45, 7) is 0. The third-order valence-corrected chi connectivity index (χ3v) is 5.52. The minimum Gasteiger partial charge on any atom is -0.423 e. The molecule has 1 heterocycles. The van der Waals surface area contributed by atoms with Gasteiger partial charge < -0.3 is 9.47 Å². The number of nitro groups is 3. The fraction of sp³-hybridized carbons (Fsp3) is 0.0625. The summed E-state index contributed by atoms with van der Waals surface area (Å²) in [6, 6.07) is 11.6. The van der Waals surface area contributed by atoms with Gasteiger partial charge in [0.2, 0.25) is 0 Å². The molecule has 0 amide bonds. The Labute approximate surface area is 204 Å². The van der Waals surface area contributed by atoms with Gasteiger partial charge in [0.25, 0.3) is 0 Å². The van der Waals surface area contributed by atoms with E-state index in [0.29, 0.717) is 7.14 Å². The van der Waals surface area contributed by atoms with Gasteiger partial charge in [-0.15, -0.1) is 4.98 Å². The Morgan fingerprint density at radius 3 is 1.41 bits per heavy atom. The molecule has 0 unspecified atom stereocenters. The first-order chi connectivity index (χ1) is 15.2. The molecule has 0 aliphatic heterocycles. The quantitative estimate of drug-likeness (QED) is 0.148. The van der Waals surface area contributed by atoms with Crippen LogP contribution in [-0.4, -0.2) is 29.7 Å². The van der Waals surface area contributed by atoms with Crippen LogP contribution in [0.2, 0.25) is 0 Å². The van der Waals surface area contributed by atoms with Crippen LogP contribution in [0.1, 0.15) is 5.82 Å². The Morgan fingerprint density at radius 1 is 0.688 bits per heavy atom. The van der Waals surface area contributed by atoms with Crippen molar-refractivity contribution in [3.63, 3.8) is 0 Å². The SMILES string of the molecule is O=[N+]([O-])C(c1nc(Oc2ccccc2I)nc(Oc2ccccc2I)n1)([N+](=O)[O-])[N+](=O)[O-]. The van der Waals surface area contributed by atoms with Crippen molar-refractivity contribution in [3.05, 3.63) is 91.8 Å². The Morgan fingerprint density at radius 2 is 1.06 bits per heavy atom. The molecule has 0 fully saturated rings. The van der Waals surface area contributed by atoms with Crippen molar-refractivity contribution in [3.8, 4) is 23.5 Å². The molecule has 3 rings (SSSR count). The van der Waals surface area contributed by atoms with E-state index in [4.69, 9.17) is 9.47 Å². The van der Waals surface area contributed by atoms with Crippen molar-refractivity contribution in [1.29, 1.82) is 0 Å². The lowest BCUT2D eigenvalue weighted by molar-refractivity contribution is -0.987. The van der Waals surface area contributed by atoms with E-state index in [-0.39, 0.29) is 11.5 Å². The molecule has 164 valence electrons. The van der Waals surface area contributed by atoms with Gasteiger partial charge in [0.05, 0.1) is 7.14 Å². The molecule has 0 N–H and O–H groups in total. The zero-order valence-electron chi connectivity index (χ0n) is 15.3. The van der Waals surface area contributed by atoms with Crippen molar-refractivity contribution in [1.82, 2.24) is 15.0 Å². The molecule has 0 bridgehead atoms. The van der Waals surface area contributed by atoms with Crippen LogP contribution in [0.5, 0.6) is 23.5 Å². The van der Waals surface area contributed by atoms with Crippen molar-refractivity contribution >= 4 is 45.2 Å². The highest BCUT2D eigenvalue weighted by Gasteiger charge is 2.76. The number of rotatable bonds is 8. The summed E-state index contributed by atoms with van der Waals surface area (Å²) < 4.78 is 12.1. The minimum absolute atomic E-state index is 0.194. The van der Waals surface area contributed by atoms with E-state index in [0.717, 1.165) is 0 Å². The van der Waals surface area contributed by atoms with E-state index in [2.05, 4.69) is 15.0 Å². The van der Waals surface area contributed by atoms with Gasteiger partial charge in [-0.3, -0.25) is 30.3 Å². The molecule has 32 heavy (non-hydrogen) atoms. The Balaban J connectivity index is 2.21. The molecule has 2 aromatic carbocycles. The predicted octanol–water partition coefficient (Wildman–Crippen LogP) is 3.61. The molecular formula is C16H8I2N6O8. The van der Waals surface area contributed by atoms with Gasteiger partial charge in [-0.1, -0.05) is 24.3 Å². The van der Waals surface area contributed by atoms with Crippen molar-refractivity contribution in [2.24, 2.45) is 0 Å². The Hall–Kier alpha value is -3.29. The number of benzene rings is 2. The van der Waals surface area contributed by atoms with Crippen LogP contribution in [0.4, 0.5) is 0 Å². The first-order valence-electron chi connectivity index (χ1n) is 8.21. The number of para-hydroxylation sites is 2. The zero-order chi connectivity index (χ0) is 23.5. The fourth-order valence-electron chi connectivity index (χ4n) is 2.28. The van der Waals surface area contributed by atoms with Gasteiger partial charge in [-0.05, 0) is 69.4 Å². The average molecular weight is 666 g/mol. The minimum atomic E-state index is -4.10. The topological polar surface area (TPSA) is 187 Å². The van der Waals surface area contributed by atoms with E-state index in [9.17, 15) is 30.3 Å². The molecule has 14 nitrogen and oxygen atoms in total. The summed E-state index contributed by atoms with van der Waals surface area (Å²) in [6.07, 6.45) is 0. The van der Waals surface area contributed by atoms with E-state index < -0.39 is 38.4 Å². The van der Waals surface area contributed by atoms with Gasteiger partial charge in [0.1, 0.15) is 11.5 Å². The average Bonchev–Trinajstić information content (AvgIpc) is 2.71. The highest BCUT2D eigenvalue weighted by molar-refractivity contribution is 14.1. The second-order valence-electron chi connectivity index (χ2n) is 5.70. The molecule has 0 aliphatic carbocycles. The number of hydrogen-bond donors (Lipinski definition) is 0. The first-order valence-corrected chi connectivity index (χ1v) is 10.4. The molecule has 1 aromatic heterocycles. The van der Waals surface area contributed by atoms with Crippen LogP contribution in [0, 0.1) is 37.5 Å². The molecule has 0 saturated heterocycles. The smallest absolute Gasteiger partial charge is 0.423 e. The third-order valence-electron chi connectivity index (χ3n) is 3.73. The first kappa shape index (κ1) is 23.4. The van der Waals surface area contributed by atoms with Crippen LogP contribution < -0.4 is 9.47 Å². The second-order valence-corrected chi connectivity index (χ2v) is 8.02. The fourth-order valence-corrected chi connectivity index (χ4v) is 3.27. The number of hydrogen-bond acceptors (Lipinski definition) is 11. The van der Waals surface area contributed by atoms with Gasteiger partial charge in [-0.25, -0.2) is 0 Å². The summed E-state index contributed by atoms with van der Waals surface area (Å²) in [5.41, 5.74) is 0. The Kier molecular flexibility index (Phi) is 6.91. The van der Waals surface area contributed by atoms with Crippen LogP contribution in [0.15, 0.2) is 48.5 Å². The van der Waals surface area contributed by atoms with Crippen molar-refractivity contribution in [2.45, 2.75) is 5.79 Å². The summed E-state index contributed by atoms with van der Waals surface area (Å²) in [5, 5.41) is 34.5. The zero-order valence-corrected chi connectivity index (χ0v) is 19.6. The van der Waals surface area contributed by atoms with Gasteiger partial charge >= 0.3 is 23.6 Å². The third kappa shape index (κ3) is 4.49. The number of aromatic nitrogens is 3. The normalized spacial score (nSPS) is 10.9. The van der Waals surface area contributed by atoms with E-state index in [1.807, 2.05) is 45.2 Å². The van der Waals surface area contributed by atoms with E-state index >= 15 is 0 Å². The van der Waals surface area contributed by atoms with E-state index in [1.54, 1.807) is 36.4 Å². The second kappa shape index (κ2) is 9.46. The monoisotopic (exact) mass is 666 g/mol. The predicted molar refractivity (Wildman–Crippen MR) is 121 cm³/mol. The van der Waals surface area contributed by atoms with Gasteiger partial charge in [-0.2, -0.15) is 9.97 Å². The van der Waals surface area contributed by atoms with Crippen molar-refractivity contribution in [2.75, 3.05) is 0 Å². The maximum absolute atomic E-state index is 11.5. The summed E-state index contributed by atoms with van der Waals surface area (Å²) >= 11 is 3.84. The molecule has 16 heteroatoms. The van der Waals surface area contributed by atoms with Crippen LogP contribution in [-0.2, 0) is 5.79 Å². The Bertz CT molecular complexity index is 1120. The van der Waals surface area contributed by atoms with Gasteiger partial charge in [0.15, 0.2) is 14.8 Å². The number of ether oxygens (including phenoxy) is 2. The van der Waals surface area contributed by atoms with Crippen molar-refractivity contribution < 1.29 is 24.2 Å². The molecule has 0 spiro atoms. The highest BCUT2D eigenvalue weighted by atomic mass is 127. The summed E-state index contributed by atoms with van der Waals surface area (Å²) in [4.78, 5) is 40.2. The standard InChI is InChI=1S/C16H8I2N6O8/c17-9-5-1-3-7-11(9)31-14-19-13(16(22(25)26,23(27)28)24(29)30)20-15(21-14)32-12-8-4-2-6-10(12)18/h1-8H. The molecule has 0 radical (unpaired) electrons. The largest absolute Gasteiger partial charge is 0.763 e. The maximum Gasteiger partial charge on any atom is 0.763 e. The van der Waals surface area contributed by atoms with Crippen LogP contribution >= 0.6 is 45.2 Å². The maximum atomic E-state index is 11.5. The highest BCUT2D eigenvalue weighted by Crippen LogP contribution is 2.31. The molecule has 3 aromatic rings.